The predicted octanol–water partition coefficient (Wildman–Crippen LogP) is 3.14. The fraction of sp³-hybridized carbons (Fsp3) is 0.533. The van der Waals surface area contributed by atoms with E-state index in [1.807, 2.05) is 39.0 Å². The third kappa shape index (κ3) is 4.47. The molecule has 0 heterocycles. The Morgan fingerprint density at radius 3 is 2.32 bits per heavy atom. The summed E-state index contributed by atoms with van der Waals surface area (Å²) in [7, 11) is 0. The van der Waals surface area contributed by atoms with Gasteiger partial charge in [0.15, 0.2) is 11.5 Å². The van der Waals surface area contributed by atoms with Crippen molar-refractivity contribution in [2.75, 3.05) is 13.2 Å². The van der Waals surface area contributed by atoms with E-state index >= 15 is 0 Å². The zero-order chi connectivity index (χ0) is 14.3. The van der Waals surface area contributed by atoms with Gasteiger partial charge < -0.3 is 14.6 Å². The van der Waals surface area contributed by atoms with Gasteiger partial charge in [-0.15, -0.1) is 0 Å². The van der Waals surface area contributed by atoms with E-state index in [1.54, 1.807) is 0 Å². The highest BCUT2D eigenvalue weighted by Gasteiger charge is 2.16. The van der Waals surface area contributed by atoms with Crippen LogP contribution in [-0.4, -0.2) is 24.3 Å². The first-order valence-electron chi connectivity index (χ1n) is 6.73. The van der Waals surface area contributed by atoms with E-state index < -0.39 is 5.97 Å². The van der Waals surface area contributed by atoms with Gasteiger partial charge in [0.05, 0.1) is 19.1 Å². The van der Waals surface area contributed by atoms with E-state index in [9.17, 15) is 4.79 Å². The van der Waals surface area contributed by atoms with Crippen molar-refractivity contribution in [3.63, 3.8) is 0 Å². The first kappa shape index (κ1) is 15.3. The highest BCUT2D eigenvalue weighted by molar-refractivity contribution is 5.70. The van der Waals surface area contributed by atoms with Crippen LogP contribution in [0.25, 0.3) is 0 Å². The van der Waals surface area contributed by atoms with Gasteiger partial charge in [-0.05, 0) is 44.4 Å². The van der Waals surface area contributed by atoms with Gasteiger partial charge in [-0.2, -0.15) is 0 Å². The summed E-state index contributed by atoms with van der Waals surface area (Å²) in [6, 6.07) is 5.62. The van der Waals surface area contributed by atoms with E-state index in [0.717, 1.165) is 5.56 Å². The lowest BCUT2D eigenvalue weighted by molar-refractivity contribution is -0.141. The minimum Gasteiger partial charge on any atom is -0.490 e. The molecular formula is C15H22O4. The molecule has 0 aliphatic heterocycles. The van der Waals surface area contributed by atoms with E-state index in [1.165, 1.54) is 0 Å². The third-order valence-electron chi connectivity index (χ3n) is 2.93. The van der Waals surface area contributed by atoms with Gasteiger partial charge in [0.25, 0.3) is 0 Å². The quantitative estimate of drug-likeness (QED) is 0.785. The lowest BCUT2D eigenvalue weighted by Crippen LogP contribution is -2.15. The van der Waals surface area contributed by atoms with Gasteiger partial charge >= 0.3 is 5.97 Å². The Kier molecular flexibility index (Phi) is 6.19. The molecule has 0 saturated heterocycles. The summed E-state index contributed by atoms with van der Waals surface area (Å²) >= 11 is 0. The molecule has 1 N–H and O–H groups in total. The van der Waals surface area contributed by atoms with Crippen LogP contribution in [0.4, 0.5) is 0 Å². The maximum absolute atomic E-state index is 11.1. The molecule has 1 atom stereocenters. The van der Waals surface area contributed by atoms with Gasteiger partial charge in [-0.3, -0.25) is 4.79 Å². The third-order valence-corrected chi connectivity index (χ3v) is 2.93. The number of ether oxygens (including phenoxy) is 2. The maximum Gasteiger partial charge on any atom is 0.306 e. The second-order valence-corrected chi connectivity index (χ2v) is 4.29. The van der Waals surface area contributed by atoms with Crippen LogP contribution in [0.1, 0.15) is 32.8 Å². The maximum atomic E-state index is 11.1. The zero-order valence-corrected chi connectivity index (χ0v) is 11.8. The number of hydrogen-bond donors (Lipinski definition) is 1. The van der Waals surface area contributed by atoms with Crippen molar-refractivity contribution < 1.29 is 19.4 Å². The van der Waals surface area contributed by atoms with Crippen LogP contribution in [0.3, 0.4) is 0 Å². The minimum absolute atomic E-state index is 0.354. The summed E-state index contributed by atoms with van der Waals surface area (Å²) in [4.78, 5) is 11.1. The number of benzene rings is 1. The number of hydrogen-bond acceptors (Lipinski definition) is 3. The smallest absolute Gasteiger partial charge is 0.306 e. The molecule has 0 aromatic heterocycles. The lowest BCUT2D eigenvalue weighted by atomic mass is 9.97. The van der Waals surface area contributed by atoms with Crippen LogP contribution in [0, 0.1) is 5.92 Å². The van der Waals surface area contributed by atoms with E-state index in [0.29, 0.717) is 37.6 Å². The molecule has 1 unspecified atom stereocenters. The van der Waals surface area contributed by atoms with Crippen LogP contribution in [0.5, 0.6) is 11.5 Å². The van der Waals surface area contributed by atoms with Gasteiger partial charge in [-0.25, -0.2) is 0 Å². The molecule has 0 fully saturated rings. The first-order valence-corrected chi connectivity index (χ1v) is 6.73. The number of carboxylic acid groups (broad SMARTS) is 1. The fourth-order valence-corrected chi connectivity index (χ4v) is 1.91. The molecule has 1 rings (SSSR count). The molecule has 106 valence electrons. The molecule has 0 aliphatic rings. The number of carbonyl (C=O) groups is 1. The summed E-state index contributed by atoms with van der Waals surface area (Å²) in [6.45, 7) is 6.85. The SMILES string of the molecule is CCOc1ccc(CC(CC)C(=O)O)cc1OCC. The van der Waals surface area contributed by atoms with E-state index in [2.05, 4.69) is 0 Å². The molecule has 0 saturated carbocycles. The average Bonchev–Trinajstić information content (AvgIpc) is 2.39. The Bertz CT molecular complexity index is 415. The lowest BCUT2D eigenvalue weighted by Gasteiger charge is -2.14. The molecule has 1 aromatic rings. The van der Waals surface area contributed by atoms with Gasteiger partial charge in [-0.1, -0.05) is 13.0 Å². The fourth-order valence-electron chi connectivity index (χ4n) is 1.91. The molecule has 0 bridgehead atoms. The summed E-state index contributed by atoms with van der Waals surface area (Å²) in [5.41, 5.74) is 0.959. The van der Waals surface area contributed by atoms with Crippen LogP contribution >= 0.6 is 0 Å². The Morgan fingerprint density at radius 2 is 1.79 bits per heavy atom. The molecular weight excluding hydrogens is 244 g/mol. The van der Waals surface area contributed by atoms with Crippen molar-refractivity contribution in [2.45, 2.75) is 33.6 Å². The molecule has 4 heteroatoms. The number of rotatable bonds is 8. The second kappa shape index (κ2) is 7.67. The molecule has 1 aromatic carbocycles. The monoisotopic (exact) mass is 266 g/mol. The molecule has 0 aliphatic carbocycles. The summed E-state index contributed by atoms with van der Waals surface area (Å²) < 4.78 is 11.0. The van der Waals surface area contributed by atoms with Crippen LogP contribution < -0.4 is 9.47 Å². The van der Waals surface area contributed by atoms with Crippen molar-refractivity contribution in [2.24, 2.45) is 5.92 Å². The van der Waals surface area contributed by atoms with Crippen molar-refractivity contribution in [1.82, 2.24) is 0 Å². The van der Waals surface area contributed by atoms with Crippen LogP contribution in [-0.2, 0) is 11.2 Å². The standard InChI is InChI=1S/C15H22O4/c1-4-12(15(16)17)9-11-7-8-13(18-5-2)14(10-11)19-6-3/h7-8,10,12H,4-6,9H2,1-3H3,(H,16,17). The molecule has 0 amide bonds. The Balaban J connectivity index is 2.90. The van der Waals surface area contributed by atoms with Gasteiger partial charge in [0.2, 0.25) is 0 Å². The summed E-state index contributed by atoms with van der Waals surface area (Å²) in [6.07, 6.45) is 1.13. The Hall–Kier alpha value is -1.71. The average molecular weight is 266 g/mol. The first-order chi connectivity index (χ1) is 9.12. The largest absolute Gasteiger partial charge is 0.490 e. The molecule has 0 radical (unpaired) electrons. The van der Waals surface area contributed by atoms with Crippen LogP contribution in [0.15, 0.2) is 18.2 Å². The topological polar surface area (TPSA) is 55.8 Å². The molecule has 0 spiro atoms. The molecule has 19 heavy (non-hydrogen) atoms. The van der Waals surface area contributed by atoms with Gasteiger partial charge in [0.1, 0.15) is 0 Å². The highest BCUT2D eigenvalue weighted by atomic mass is 16.5. The van der Waals surface area contributed by atoms with Crippen molar-refractivity contribution in [1.29, 1.82) is 0 Å². The van der Waals surface area contributed by atoms with Crippen molar-refractivity contribution in [3.8, 4) is 11.5 Å². The zero-order valence-electron chi connectivity index (χ0n) is 11.8. The Morgan fingerprint density at radius 1 is 1.16 bits per heavy atom. The Labute approximate surface area is 114 Å². The second-order valence-electron chi connectivity index (χ2n) is 4.29. The van der Waals surface area contributed by atoms with Crippen LogP contribution in [0.2, 0.25) is 0 Å². The van der Waals surface area contributed by atoms with Crippen molar-refractivity contribution in [3.05, 3.63) is 23.8 Å². The summed E-state index contributed by atoms with van der Waals surface area (Å²) in [5, 5.41) is 9.09. The number of carboxylic acids is 1. The van der Waals surface area contributed by atoms with E-state index in [-0.39, 0.29) is 5.92 Å². The summed E-state index contributed by atoms with van der Waals surface area (Å²) in [5.74, 6) is 0.278. The normalized spacial score (nSPS) is 11.9. The minimum atomic E-state index is -0.755. The van der Waals surface area contributed by atoms with Crippen molar-refractivity contribution >= 4 is 5.97 Å². The number of aliphatic carboxylic acids is 1. The highest BCUT2D eigenvalue weighted by Crippen LogP contribution is 2.29. The molecule has 4 nitrogen and oxygen atoms in total. The predicted molar refractivity (Wildman–Crippen MR) is 73.9 cm³/mol. The van der Waals surface area contributed by atoms with Gasteiger partial charge in [0, 0.05) is 0 Å². The van der Waals surface area contributed by atoms with E-state index in [4.69, 9.17) is 14.6 Å².